The van der Waals surface area contributed by atoms with Crippen LogP contribution in [-0.2, 0) is 7.05 Å². The van der Waals surface area contributed by atoms with Gasteiger partial charge in [0.05, 0.1) is 5.69 Å². The Morgan fingerprint density at radius 1 is 1.55 bits per heavy atom. The Bertz CT molecular complexity index is 276. The van der Waals surface area contributed by atoms with E-state index in [2.05, 4.69) is 0 Å². The molecule has 1 aromatic heterocycles. The van der Waals surface area contributed by atoms with E-state index < -0.39 is 0 Å². The maximum Gasteiger partial charge on any atom is 0.111 e. The number of aromatic nitrogens is 1. The van der Waals surface area contributed by atoms with Crippen molar-refractivity contribution in [2.75, 3.05) is 6.26 Å². The number of hydrogen-bond donors (Lipinski definition) is 1. The quantitative estimate of drug-likeness (QED) is 0.504. The van der Waals surface area contributed by atoms with E-state index >= 15 is 0 Å². The van der Waals surface area contributed by atoms with Crippen LogP contribution in [0.4, 0.5) is 0 Å². The van der Waals surface area contributed by atoms with Crippen LogP contribution in [0.25, 0.3) is 0 Å². The van der Waals surface area contributed by atoms with Crippen LogP contribution in [0.3, 0.4) is 0 Å². The molecule has 1 rings (SSSR count). The third-order valence-electron chi connectivity index (χ3n) is 1.81. The molecule has 0 saturated heterocycles. The molecule has 0 fully saturated rings. The third-order valence-corrected chi connectivity index (χ3v) is 2.43. The summed E-state index contributed by atoms with van der Waals surface area (Å²) in [5, 5.41) is 8.20. The molecule has 60 valence electrons. The molecule has 1 N–H and O–H groups in total. The van der Waals surface area contributed by atoms with Gasteiger partial charge in [-0.25, -0.2) is 0 Å². The molecule has 0 saturated carbocycles. The van der Waals surface area contributed by atoms with Crippen LogP contribution < -0.4 is 0 Å². The number of nitrogens with zero attached hydrogens (tertiary/aromatic N) is 1. The summed E-state index contributed by atoms with van der Waals surface area (Å²) >= 11 is 1.47. The summed E-state index contributed by atoms with van der Waals surface area (Å²) in [6, 6.07) is 4.01. The number of hydrogen-bond acceptors (Lipinski definition) is 2. The van der Waals surface area contributed by atoms with Gasteiger partial charge >= 0.3 is 0 Å². The Morgan fingerprint density at radius 3 is 2.55 bits per heavy atom. The smallest absolute Gasteiger partial charge is 0.111 e. The van der Waals surface area contributed by atoms with Crippen molar-refractivity contribution in [1.82, 2.24) is 4.57 Å². The van der Waals surface area contributed by atoms with E-state index in [1.54, 1.807) is 0 Å². The van der Waals surface area contributed by atoms with E-state index in [1.165, 1.54) is 17.5 Å². The SMILES string of the molecule is CSC(=N)c1ccc(C)n1C. The molecule has 0 aliphatic carbocycles. The van der Waals surface area contributed by atoms with Crippen LogP contribution in [0, 0.1) is 12.3 Å². The largest absolute Gasteiger partial charge is 0.346 e. The summed E-state index contributed by atoms with van der Waals surface area (Å²) < 4.78 is 2.03. The summed E-state index contributed by atoms with van der Waals surface area (Å²) in [5.74, 6) is 0. The number of thioether (sulfide) groups is 1. The standard InChI is InChI=1S/C8H12N2S/c1-6-4-5-7(10(6)2)8(9)11-3/h4-5,9H,1-3H3. The van der Waals surface area contributed by atoms with Crippen molar-refractivity contribution >= 4 is 16.8 Å². The molecule has 0 unspecified atom stereocenters. The van der Waals surface area contributed by atoms with Gasteiger partial charge in [-0.3, -0.25) is 5.41 Å². The van der Waals surface area contributed by atoms with Gasteiger partial charge in [0.15, 0.2) is 0 Å². The van der Waals surface area contributed by atoms with Crippen LogP contribution in [0.15, 0.2) is 12.1 Å². The van der Waals surface area contributed by atoms with Gasteiger partial charge in [0.2, 0.25) is 0 Å². The zero-order valence-corrected chi connectivity index (χ0v) is 7.83. The maximum atomic E-state index is 7.57. The lowest BCUT2D eigenvalue weighted by Crippen LogP contribution is -2.02. The Hall–Kier alpha value is -0.700. The zero-order valence-electron chi connectivity index (χ0n) is 7.01. The van der Waals surface area contributed by atoms with Crippen molar-refractivity contribution in [2.45, 2.75) is 6.92 Å². The predicted molar refractivity (Wildman–Crippen MR) is 50.5 cm³/mol. The number of aryl methyl sites for hydroxylation is 1. The second-order valence-corrected chi connectivity index (χ2v) is 3.27. The third kappa shape index (κ3) is 1.48. The molecule has 0 aromatic carbocycles. The fourth-order valence-corrected chi connectivity index (χ4v) is 1.36. The first-order valence-electron chi connectivity index (χ1n) is 3.42. The van der Waals surface area contributed by atoms with Crippen LogP contribution in [0.2, 0.25) is 0 Å². The fraction of sp³-hybridized carbons (Fsp3) is 0.375. The van der Waals surface area contributed by atoms with E-state index in [0.29, 0.717) is 5.04 Å². The molecule has 0 aliphatic rings. The summed E-state index contributed by atoms with van der Waals surface area (Å²) in [7, 11) is 1.98. The van der Waals surface area contributed by atoms with E-state index in [-0.39, 0.29) is 0 Å². The first kappa shape index (κ1) is 8.40. The predicted octanol–water partition coefficient (Wildman–Crippen LogP) is 2.02. The van der Waals surface area contributed by atoms with Crippen LogP contribution >= 0.6 is 11.8 Å². The lowest BCUT2D eigenvalue weighted by Gasteiger charge is -2.03. The molecule has 1 heterocycles. The highest BCUT2D eigenvalue weighted by Crippen LogP contribution is 2.11. The molecule has 0 aliphatic heterocycles. The lowest BCUT2D eigenvalue weighted by atomic mass is 10.4. The average molecular weight is 168 g/mol. The van der Waals surface area contributed by atoms with Gasteiger partial charge in [-0.05, 0) is 25.3 Å². The van der Waals surface area contributed by atoms with Gasteiger partial charge in [-0.15, -0.1) is 11.8 Å². The van der Waals surface area contributed by atoms with Gasteiger partial charge in [0.1, 0.15) is 5.04 Å². The number of nitrogens with one attached hydrogen (secondary N) is 1. The van der Waals surface area contributed by atoms with Crippen LogP contribution in [0.5, 0.6) is 0 Å². The normalized spacial score (nSPS) is 10.1. The molecule has 3 heteroatoms. The molecule has 0 amide bonds. The van der Waals surface area contributed by atoms with Crippen molar-refractivity contribution in [1.29, 1.82) is 5.41 Å². The van der Waals surface area contributed by atoms with Crippen molar-refractivity contribution in [2.24, 2.45) is 7.05 Å². The highest BCUT2D eigenvalue weighted by atomic mass is 32.2. The second kappa shape index (κ2) is 3.13. The van der Waals surface area contributed by atoms with E-state index in [9.17, 15) is 0 Å². The van der Waals surface area contributed by atoms with Crippen LogP contribution in [0.1, 0.15) is 11.4 Å². The molecule has 0 radical (unpaired) electrons. The highest BCUT2D eigenvalue weighted by molar-refractivity contribution is 8.13. The molecular formula is C8H12N2S. The minimum Gasteiger partial charge on any atom is -0.346 e. The molecule has 11 heavy (non-hydrogen) atoms. The van der Waals surface area contributed by atoms with Crippen molar-refractivity contribution in [3.63, 3.8) is 0 Å². The van der Waals surface area contributed by atoms with E-state index in [1.807, 2.05) is 36.9 Å². The Labute approximate surface area is 71.1 Å². The van der Waals surface area contributed by atoms with Gasteiger partial charge in [0.25, 0.3) is 0 Å². The lowest BCUT2D eigenvalue weighted by molar-refractivity contribution is 0.873. The summed E-state index contributed by atoms with van der Waals surface area (Å²) in [6.45, 7) is 2.04. The minimum atomic E-state index is 0.626. The molecule has 0 spiro atoms. The minimum absolute atomic E-state index is 0.626. The summed E-state index contributed by atoms with van der Waals surface area (Å²) in [4.78, 5) is 0. The molecule has 2 nitrogen and oxygen atoms in total. The summed E-state index contributed by atoms with van der Waals surface area (Å²) in [6.07, 6.45) is 1.92. The Kier molecular flexibility index (Phi) is 2.39. The first-order valence-corrected chi connectivity index (χ1v) is 4.64. The molecular weight excluding hydrogens is 156 g/mol. The van der Waals surface area contributed by atoms with Gasteiger partial charge in [0, 0.05) is 12.7 Å². The van der Waals surface area contributed by atoms with Crippen molar-refractivity contribution < 1.29 is 0 Å². The zero-order chi connectivity index (χ0) is 8.43. The second-order valence-electron chi connectivity index (χ2n) is 2.45. The summed E-state index contributed by atoms with van der Waals surface area (Å²) in [5.41, 5.74) is 2.19. The van der Waals surface area contributed by atoms with Crippen LogP contribution in [-0.4, -0.2) is 15.9 Å². The fourth-order valence-electron chi connectivity index (χ4n) is 0.946. The van der Waals surface area contributed by atoms with Gasteiger partial charge < -0.3 is 4.57 Å². The highest BCUT2D eigenvalue weighted by Gasteiger charge is 2.04. The topological polar surface area (TPSA) is 28.8 Å². The molecule has 1 aromatic rings. The van der Waals surface area contributed by atoms with Gasteiger partial charge in [-0.1, -0.05) is 0 Å². The first-order chi connectivity index (χ1) is 5.16. The monoisotopic (exact) mass is 168 g/mol. The average Bonchev–Trinajstić information content (AvgIpc) is 2.32. The van der Waals surface area contributed by atoms with E-state index in [0.717, 1.165) is 5.69 Å². The van der Waals surface area contributed by atoms with Gasteiger partial charge in [-0.2, -0.15) is 0 Å². The molecule has 0 bridgehead atoms. The number of rotatable bonds is 1. The van der Waals surface area contributed by atoms with Crippen molar-refractivity contribution in [3.05, 3.63) is 23.5 Å². The maximum absolute atomic E-state index is 7.57. The molecule has 0 atom stereocenters. The van der Waals surface area contributed by atoms with E-state index in [4.69, 9.17) is 5.41 Å². The Balaban J connectivity index is 3.04. The Morgan fingerprint density at radius 2 is 2.18 bits per heavy atom. The van der Waals surface area contributed by atoms with Crippen molar-refractivity contribution in [3.8, 4) is 0 Å².